The van der Waals surface area contributed by atoms with Gasteiger partial charge in [-0.3, -0.25) is 30.3 Å². The predicted molar refractivity (Wildman–Crippen MR) is 216 cm³/mol. The molecule has 312 valence electrons. The van der Waals surface area contributed by atoms with E-state index in [4.69, 9.17) is 14.6 Å². The summed E-state index contributed by atoms with van der Waals surface area (Å²) in [5, 5.41) is 23.0. The SMILES string of the molecule is CC(C)(C)OC(=O)Nc1ccc(NC(=O)C(C)(C)C)cc1.CC(C)(C)OC(=O)Nc1ccc(NC(=O)CBr)cc1.O=C(O)Nc1ccc(NC(=O)C(F)(F)F)cc1. The molecular formula is C38H48BrF3N6O9. The van der Waals surface area contributed by atoms with Crippen LogP contribution in [0.4, 0.5) is 61.7 Å². The van der Waals surface area contributed by atoms with Gasteiger partial charge in [0.2, 0.25) is 11.8 Å². The highest BCUT2D eigenvalue weighted by Gasteiger charge is 2.38. The van der Waals surface area contributed by atoms with Crippen LogP contribution in [0.25, 0.3) is 0 Å². The lowest BCUT2D eigenvalue weighted by Crippen LogP contribution is -2.29. The lowest BCUT2D eigenvalue weighted by molar-refractivity contribution is -0.167. The number of carboxylic acid groups (broad SMARTS) is 1. The van der Waals surface area contributed by atoms with Crippen LogP contribution in [0.2, 0.25) is 0 Å². The van der Waals surface area contributed by atoms with E-state index in [9.17, 15) is 41.9 Å². The van der Waals surface area contributed by atoms with Crippen molar-refractivity contribution in [2.45, 2.75) is 79.7 Å². The second-order valence-electron chi connectivity index (χ2n) is 14.8. The molecular weight excluding hydrogens is 821 g/mol. The number of carbonyl (C=O) groups is 6. The van der Waals surface area contributed by atoms with Crippen molar-refractivity contribution in [2.75, 3.05) is 37.2 Å². The Bertz CT molecular complexity index is 1820. The number of ether oxygens (including phenoxy) is 2. The minimum absolute atomic E-state index is 0.0599. The van der Waals surface area contributed by atoms with Crippen LogP contribution in [-0.4, -0.2) is 63.8 Å². The minimum Gasteiger partial charge on any atom is -0.465 e. The quantitative estimate of drug-likeness (QED) is 0.112. The summed E-state index contributed by atoms with van der Waals surface area (Å²) in [6.45, 7) is 16.3. The van der Waals surface area contributed by atoms with Crippen LogP contribution in [0, 0.1) is 5.41 Å². The van der Waals surface area contributed by atoms with E-state index >= 15 is 0 Å². The Morgan fingerprint density at radius 3 is 1.05 bits per heavy atom. The third-order valence-corrected chi connectivity index (χ3v) is 6.57. The Labute approximate surface area is 337 Å². The first-order valence-electron chi connectivity index (χ1n) is 16.9. The van der Waals surface area contributed by atoms with Gasteiger partial charge in [-0.25, -0.2) is 14.4 Å². The largest absolute Gasteiger partial charge is 0.471 e. The maximum atomic E-state index is 11.9. The highest BCUT2D eigenvalue weighted by molar-refractivity contribution is 9.09. The fourth-order valence-corrected chi connectivity index (χ4v) is 3.73. The van der Waals surface area contributed by atoms with E-state index in [-0.39, 0.29) is 28.5 Å². The van der Waals surface area contributed by atoms with Crippen molar-refractivity contribution >= 4 is 86.1 Å². The molecule has 0 radical (unpaired) electrons. The van der Waals surface area contributed by atoms with E-state index < -0.39 is 47.0 Å². The van der Waals surface area contributed by atoms with Crippen LogP contribution >= 0.6 is 15.9 Å². The molecule has 0 saturated heterocycles. The number of nitrogens with one attached hydrogen (secondary N) is 6. The number of rotatable bonds is 7. The Hall–Kier alpha value is -5.85. The normalized spacial score (nSPS) is 11.1. The van der Waals surface area contributed by atoms with Crippen LogP contribution in [0.1, 0.15) is 62.3 Å². The van der Waals surface area contributed by atoms with Gasteiger partial charge in [-0.15, -0.1) is 0 Å². The number of hydrogen-bond acceptors (Lipinski definition) is 8. The first kappa shape index (κ1) is 49.2. The summed E-state index contributed by atoms with van der Waals surface area (Å²) < 4.78 is 45.9. The Balaban J connectivity index is 0.000000430. The molecule has 3 rings (SSSR count). The summed E-state index contributed by atoms with van der Waals surface area (Å²) in [7, 11) is 0. The molecule has 7 N–H and O–H groups in total. The molecule has 0 aliphatic rings. The zero-order valence-electron chi connectivity index (χ0n) is 32.9. The molecule has 0 aliphatic heterocycles. The summed E-state index contributed by atoms with van der Waals surface area (Å²) in [4.78, 5) is 66.9. The molecule has 57 heavy (non-hydrogen) atoms. The maximum absolute atomic E-state index is 11.9. The molecule has 0 unspecified atom stereocenters. The second kappa shape index (κ2) is 21.5. The van der Waals surface area contributed by atoms with Crippen LogP contribution in [0.5, 0.6) is 0 Å². The summed E-state index contributed by atoms with van der Waals surface area (Å²) in [5.74, 6) is -2.28. The molecule has 3 aromatic rings. The Kier molecular flexibility index (Phi) is 18.5. The van der Waals surface area contributed by atoms with Crippen LogP contribution in [0.3, 0.4) is 0 Å². The highest BCUT2D eigenvalue weighted by atomic mass is 79.9. The van der Waals surface area contributed by atoms with E-state index in [0.29, 0.717) is 22.7 Å². The zero-order chi connectivity index (χ0) is 43.8. The van der Waals surface area contributed by atoms with Gasteiger partial charge in [0.25, 0.3) is 0 Å². The third-order valence-electron chi connectivity index (χ3n) is 6.06. The molecule has 0 aromatic heterocycles. The maximum Gasteiger partial charge on any atom is 0.471 e. The molecule has 0 aliphatic carbocycles. The van der Waals surface area contributed by atoms with Gasteiger partial charge < -0.3 is 30.5 Å². The van der Waals surface area contributed by atoms with Crippen molar-refractivity contribution in [3.63, 3.8) is 0 Å². The van der Waals surface area contributed by atoms with Crippen molar-refractivity contribution in [3.05, 3.63) is 72.8 Å². The average molecular weight is 870 g/mol. The highest BCUT2D eigenvalue weighted by Crippen LogP contribution is 2.21. The second-order valence-corrected chi connectivity index (χ2v) is 15.3. The number of carbonyl (C=O) groups excluding carboxylic acids is 5. The Morgan fingerprint density at radius 2 is 0.789 bits per heavy atom. The van der Waals surface area contributed by atoms with E-state index in [1.807, 2.05) is 26.1 Å². The van der Waals surface area contributed by atoms with Crippen molar-refractivity contribution in [3.8, 4) is 0 Å². The number of alkyl halides is 4. The van der Waals surface area contributed by atoms with Crippen molar-refractivity contribution in [1.29, 1.82) is 0 Å². The summed E-state index contributed by atoms with van der Waals surface area (Å²) >= 11 is 3.06. The first-order chi connectivity index (χ1) is 26.1. The van der Waals surface area contributed by atoms with Crippen LogP contribution in [-0.2, 0) is 23.9 Å². The van der Waals surface area contributed by atoms with Gasteiger partial charge in [0.05, 0.1) is 5.33 Å². The minimum atomic E-state index is -4.96. The number of halogens is 4. The predicted octanol–water partition coefficient (Wildman–Crippen LogP) is 9.66. The summed E-state index contributed by atoms with van der Waals surface area (Å²) in [6.07, 6.45) is -7.27. The molecule has 19 heteroatoms. The number of amides is 6. The van der Waals surface area contributed by atoms with Crippen LogP contribution < -0.4 is 31.9 Å². The standard InChI is InChI=1S/C16H24N2O3.C13H17BrN2O3.C9H7F3N2O3/c1-15(2,3)13(19)17-11-7-9-12(10-8-11)18-14(20)21-16(4,5)6;1-13(2,3)19-12(18)16-10-6-4-9(5-7-10)15-11(17)8-14;10-9(11,12)7(15)13-5-1-3-6(4-2-5)14-8(16)17/h7-10H,1-6H3,(H,17,19)(H,18,20);4-7H,8H2,1-3H3,(H,15,17)(H,16,18);1-4,14H,(H,13,15)(H,16,17). The van der Waals surface area contributed by atoms with Crippen molar-refractivity contribution in [2.24, 2.45) is 5.41 Å². The molecule has 0 atom stereocenters. The van der Waals surface area contributed by atoms with Gasteiger partial charge in [0, 0.05) is 39.5 Å². The summed E-state index contributed by atoms with van der Waals surface area (Å²) in [6, 6.07) is 18.4. The lowest BCUT2D eigenvalue weighted by Gasteiger charge is -2.20. The zero-order valence-corrected chi connectivity index (χ0v) is 34.4. The number of anilines is 6. The fraction of sp³-hybridized carbons (Fsp3) is 0.368. The summed E-state index contributed by atoms with van der Waals surface area (Å²) in [5.41, 5.74) is 1.14. The Morgan fingerprint density at radius 1 is 0.509 bits per heavy atom. The average Bonchev–Trinajstić information content (AvgIpc) is 3.05. The smallest absolute Gasteiger partial charge is 0.465 e. The fourth-order valence-electron chi connectivity index (χ4n) is 3.59. The number of benzene rings is 3. The monoisotopic (exact) mass is 868 g/mol. The van der Waals surface area contributed by atoms with E-state index in [1.165, 1.54) is 12.1 Å². The van der Waals surface area contributed by atoms with Gasteiger partial charge in [-0.2, -0.15) is 13.2 Å². The molecule has 0 bridgehead atoms. The molecule has 0 fully saturated rings. The van der Waals surface area contributed by atoms with E-state index in [2.05, 4.69) is 37.2 Å². The molecule has 6 amide bonds. The molecule has 0 saturated carbocycles. The van der Waals surface area contributed by atoms with Gasteiger partial charge >= 0.3 is 30.4 Å². The lowest BCUT2D eigenvalue weighted by atomic mass is 9.95. The third kappa shape index (κ3) is 22.3. The molecule has 0 spiro atoms. The van der Waals surface area contributed by atoms with Crippen molar-refractivity contribution in [1.82, 2.24) is 0 Å². The molecule has 15 nitrogen and oxygen atoms in total. The molecule has 3 aromatic carbocycles. The van der Waals surface area contributed by atoms with E-state index in [1.54, 1.807) is 95.4 Å². The topological polar surface area (TPSA) is 213 Å². The first-order valence-corrected chi connectivity index (χ1v) is 18.0. The molecule has 0 heterocycles. The van der Waals surface area contributed by atoms with Gasteiger partial charge in [0.1, 0.15) is 11.2 Å². The number of hydrogen-bond donors (Lipinski definition) is 7. The van der Waals surface area contributed by atoms with E-state index in [0.717, 1.165) is 12.1 Å². The van der Waals surface area contributed by atoms with Crippen molar-refractivity contribution < 1.29 is 56.5 Å². The van der Waals surface area contributed by atoms with Crippen LogP contribution in [0.15, 0.2) is 72.8 Å². The van der Waals surface area contributed by atoms with Gasteiger partial charge in [0.15, 0.2) is 0 Å². The van der Waals surface area contributed by atoms with Gasteiger partial charge in [-0.05, 0) is 114 Å². The van der Waals surface area contributed by atoms with Gasteiger partial charge in [-0.1, -0.05) is 36.7 Å².